The van der Waals surface area contributed by atoms with Crippen LogP contribution in [0.3, 0.4) is 0 Å². The average molecular weight is 168 g/mol. The summed E-state index contributed by atoms with van der Waals surface area (Å²) in [6, 6.07) is 0. The summed E-state index contributed by atoms with van der Waals surface area (Å²) in [6.07, 6.45) is 3.52. The van der Waals surface area contributed by atoms with E-state index in [1.54, 1.807) is 12.4 Å². The van der Waals surface area contributed by atoms with Gasteiger partial charge in [0.15, 0.2) is 0 Å². The van der Waals surface area contributed by atoms with Gasteiger partial charge in [-0.2, -0.15) is 0 Å². The molecule has 1 aromatic heterocycles. The van der Waals surface area contributed by atoms with Crippen LogP contribution in [-0.4, -0.2) is 21.2 Å². The molecular weight excluding hydrogens is 160 g/mol. The Kier molecular flexibility index (Phi) is 2.97. The lowest BCUT2D eigenvalue weighted by Crippen LogP contribution is -2.35. The fourth-order valence-corrected chi connectivity index (χ4v) is 0.632. The lowest BCUT2D eigenvalue weighted by Gasteiger charge is -2.01. The Morgan fingerprint density at radius 1 is 1.58 bits per heavy atom. The highest BCUT2D eigenvalue weighted by Crippen LogP contribution is 1.86. The molecule has 0 aliphatic heterocycles. The van der Waals surface area contributed by atoms with E-state index in [-0.39, 0.29) is 0 Å². The normalized spacial score (nSPS) is 9.33. The van der Waals surface area contributed by atoms with Crippen molar-refractivity contribution in [2.24, 2.45) is 0 Å². The molecule has 3 N–H and O–H groups in total. The predicted molar refractivity (Wildman–Crippen MR) is 40.0 cm³/mol. The Balaban J connectivity index is 2.29. The molecule has 0 unspecified atom stereocenters. The molecule has 0 bridgehead atoms. The molecule has 6 heteroatoms. The van der Waals surface area contributed by atoms with Crippen molar-refractivity contribution in [1.29, 1.82) is 0 Å². The molecule has 0 aliphatic carbocycles. The van der Waals surface area contributed by atoms with E-state index < -0.39 is 6.09 Å². The average Bonchev–Trinajstić information content (AvgIpc) is 2.05. The number of nitrogens with zero attached hydrogens (tertiary/aromatic N) is 2. The van der Waals surface area contributed by atoms with Crippen molar-refractivity contribution >= 4 is 6.09 Å². The molecule has 1 rings (SSSR count). The second kappa shape index (κ2) is 4.24. The summed E-state index contributed by atoms with van der Waals surface area (Å²) < 4.78 is 0. The molecule has 1 amide bonds. The van der Waals surface area contributed by atoms with Gasteiger partial charge in [-0.3, -0.25) is 15.4 Å². The van der Waals surface area contributed by atoms with Gasteiger partial charge in [0, 0.05) is 18.6 Å². The molecule has 1 heterocycles. The van der Waals surface area contributed by atoms with Gasteiger partial charge >= 0.3 is 6.09 Å². The van der Waals surface area contributed by atoms with Crippen LogP contribution in [-0.2, 0) is 6.54 Å². The zero-order chi connectivity index (χ0) is 8.81. The largest absolute Gasteiger partial charge is 0.464 e. The van der Waals surface area contributed by atoms with E-state index in [4.69, 9.17) is 5.11 Å². The maximum atomic E-state index is 9.98. The van der Waals surface area contributed by atoms with E-state index in [9.17, 15) is 4.79 Å². The van der Waals surface area contributed by atoms with Crippen molar-refractivity contribution in [3.8, 4) is 0 Å². The first-order valence-electron chi connectivity index (χ1n) is 3.26. The van der Waals surface area contributed by atoms with Crippen LogP contribution in [0.2, 0.25) is 0 Å². The Morgan fingerprint density at radius 3 is 3.00 bits per heavy atom. The first-order chi connectivity index (χ1) is 5.79. The topological polar surface area (TPSA) is 87.1 Å². The van der Waals surface area contributed by atoms with Gasteiger partial charge in [0.05, 0.1) is 12.2 Å². The molecular formula is C6H8N4O2. The third-order valence-electron chi connectivity index (χ3n) is 1.08. The third kappa shape index (κ3) is 2.93. The fourth-order valence-electron chi connectivity index (χ4n) is 0.632. The van der Waals surface area contributed by atoms with Crippen molar-refractivity contribution in [3.63, 3.8) is 0 Å². The fraction of sp³-hybridized carbons (Fsp3) is 0.167. The van der Waals surface area contributed by atoms with Crippen LogP contribution in [0.1, 0.15) is 5.69 Å². The molecule has 0 fully saturated rings. The quantitative estimate of drug-likeness (QED) is 0.541. The molecule has 1 aromatic rings. The molecule has 12 heavy (non-hydrogen) atoms. The molecule has 0 aromatic carbocycles. The number of amides is 1. The number of carbonyl (C=O) groups is 1. The first kappa shape index (κ1) is 8.41. The summed E-state index contributed by atoms with van der Waals surface area (Å²) >= 11 is 0. The summed E-state index contributed by atoms with van der Waals surface area (Å²) in [7, 11) is 0. The van der Waals surface area contributed by atoms with Gasteiger partial charge in [0.2, 0.25) is 0 Å². The van der Waals surface area contributed by atoms with Crippen molar-refractivity contribution in [1.82, 2.24) is 20.8 Å². The molecule has 0 atom stereocenters. The van der Waals surface area contributed by atoms with E-state index in [1.165, 1.54) is 6.20 Å². The number of aromatic nitrogens is 2. The van der Waals surface area contributed by atoms with Gasteiger partial charge in [-0.15, -0.1) is 0 Å². The van der Waals surface area contributed by atoms with Crippen molar-refractivity contribution in [2.75, 3.05) is 0 Å². The molecule has 0 spiro atoms. The maximum Gasteiger partial charge on any atom is 0.419 e. The van der Waals surface area contributed by atoms with Crippen LogP contribution in [0.4, 0.5) is 4.79 Å². The number of hydrogen-bond donors (Lipinski definition) is 3. The van der Waals surface area contributed by atoms with Crippen molar-refractivity contribution in [2.45, 2.75) is 6.54 Å². The molecule has 6 nitrogen and oxygen atoms in total. The van der Waals surface area contributed by atoms with Crippen LogP contribution in [0, 0.1) is 0 Å². The van der Waals surface area contributed by atoms with Crippen LogP contribution < -0.4 is 10.9 Å². The monoisotopic (exact) mass is 168 g/mol. The van der Waals surface area contributed by atoms with Crippen LogP contribution in [0.15, 0.2) is 18.6 Å². The zero-order valence-electron chi connectivity index (χ0n) is 6.19. The van der Waals surface area contributed by atoms with Gasteiger partial charge in [0.25, 0.3) is 0 Å². The highest BCUT2D eigenvalue weighted by atomic mass is 16.4. The van der Waals surface area contributed by atoms with E-state index in [0.717, 1.165) is 0 Å². The number of carboxylic acid groups (broad SMARTS) is 1. The maximum absolute atomic E-state index is 9.98. The first-order valence-corrected chi connectivity index (χ1v) is 3.26. The van der Waals surface area contributed by atoms with Crippen molar-refractivity contribution in [3.05, 3.63) is 24.3 Å². The van der Waals surface area contributed by atoms with Gasteiger partial charge in [-0.1, -0.05) is 0 Å². The van der Waals surface area contributed by atoms with Gasteiger partial charge < -0.3 is 5.11 Å². The summed E-state index contributed by atoms with van der Waals surface area (Å²) in [5, 5.41) is 8.18. The number of hydrazine groups is 1. The van der Waals surface area contributed by atoms with E-state index in [1.807, 2.05) is 5.43 Å². The Hall–Kier alpha value is -1.69. The Morgan fingerprint density at radius 2 is 2.42 bits per heavy atom. The SMILES string of the molecule is O=C(O)NNCc1cnccn1. The molecule has 0 saturated carbocycles. The smallest absolute Gasteiger partial charge is 0.419 e. The summed E-state index contributed by atoms with van der Waals surface area (Å²) in [6.45, 7) is 0.320. The minimum atomic E-state index is -1.13. The highest BCUT2D eigenvalue weighted by Gasteiger charge is 1.94. The number of rotatable bonds is 3. The van der Waals surface area contributed by atoms with Gasteiger partial charge in [0.1, 0.15) is 0 Å². The molecule has 0 aliphatic rings. The molecule has 0 radical (unpaired) electrons. The van der Waals surface area contributed by atoms with Crippen molar-refractivity contribution < 1.29 is 9.90 Å². The number of nitrogens with one attached hydrogen (secondary N) is 2. The van der Waals surface area contributed by atoms with Crippen LogP contribution in [0.5, 0.6) is 0 Å². The Bertz CT molecular complexity index is 251. The minimum absolute atomic E-state index is 0.320. The predicted octanol–water partition coefficient (Wildman–Crippen LogP) is -0.251. The van der Waals surface area contributed by atoms with Gasteiger partial charge in [-0.05, 0) is 0 Å². The lowest BCUT2D eigenvalue weighted by atomic mass is 10.5. The second-order valence-corrected chi connectivity index (χ2v) is 1.98. The Labute approximate surface area is 68.6 Å². The third-order valence-corrected chi connectivity index (χ3v) is 1.08. The molecule has 0 saturated heterocycles. The van der Waals surface area contributed by atoms with Gasteiger partial charge in [-0.25, -0.2) is 10.2 Å². The molecule has 64 valence electrons. The second-order valence-electron chi connectivity index (χ2n) is 1.98. The standard InChI is InChI=1S/C6H8N4O2/c11-6(12)10-9-4-5-3-7-1-2-8-5/h1-3,9-10H,4H2,(H,11,12). The van der Waals surface area contributed by atoms with Crippen LogP contribution >= 0.6 is 0 Å². The van der Waals surface area contributed by atoms with E-state index in [0.29, 0.717) is 12.2 Å². The summed E-state index contributed by atoms with van der Waals surface area (Å²) in [5.74, 6) is 0. The highest BCUT2D eigenvalue weighted by molar-refractivity contribution is 5.63. The summed E-state index contributed by atoms with van der Waals surface area (Å²) in [5.41, 5.74) is 5.11. The van der Waals surface area contributed by atoms with Crippen LogP contribution in [0.25, 0.3) is 0 Å². The number of hydrogen-bond acceptors (Lipinski definition) is 4. The minimum Gasteiger partial charge on any atom is -0.464 e. The zero-order valence-corrected chi connectivity index (χ0v) is 6.19. The summed E-state index contributed by atoms with van der Waals surface area (Å²) in [4.78, 5) is 17.7. The van der Waals surface area contributed by atoms with E-state index >= 15 is 0 Å². The lowest BCUT2D eigenvalue weighted by molar-refractivity contribution is 0.188. The van der Waals surface area contributed by atoms with E-state index in [2.05, 4.69) is 15.4 Å².